The summed E-state index contributed by atoms with van der Waals surface area (Å²) in [6.45, 7) is 6.37. The van der Waals surface area contributed by atoms with Gasteiger partial charge in [-0.25, -0.2) is 0 Å². The van der Waals surface area contributed by atoms with Crippen LogP contribution in [0.4, 0.5) is 5.69 Å². The fourth-order valence-corrected chi connectivity index (χ4v) is 2.49. The maximum Gasteiger partial charge on any atom is 0.251 e. The SMILES string of the molecule is COc1ccc(C(=O)NCCN(C(C)=O)c2ccc(C)c(C)c2)cc1. The Kier molecular flexibility index (Phi) is 6.17. The minimum atomic E-state index is -0.175. The fourth-order valence-electron chi connectivity index (χ4n) is 2.49. The predicted octanol–water partition coefficient (Wildman–Crippen LogP) is 3.09. The number of nitrogens with zero attached hydrogens (tertiary/aromatic N) is 1. The topological polar surface area (TPSA) is 58.6 Å². The minimum absolute atomic E-state index is 0.0538. The number of ether oxygens (including phenoxy) is 1. The molecular weight excluding hydrogens is 316 g/mol. The molecule has 0 saturated heterocycles. The Morgan fingerprint density at radius 2 is 1.72 bits per heavy atom. The molecule has 0 aliphatic heterocycles. The molecule has 5 heteroatoms. The van der Waals surface area contributed by atoms with Gasteiger partial charge >= 0.3 is 0 Å². The molecule has 0 spiro atoms. The number of anilines is 1. The molecule has 0 saturated carbocycles. The molecule has 132 valence electrons. The van der Waals surface area contributed by atoms with Crippen molar-refractivity contribution in [1.29, 1.82) is 0 Å². The summed E-state index contributed by atoms with van der Waals surface area (Å²) in [5.74, 6) is 0.474. The lowest BCUT2D eigenvalue weighted by molar-refractivity contribution is -0.116. The molecule has 2 aromatic rings. The summed E-state index contributed by atoms with van der Waals surface area (Å²) in [5.41, 5.74) is 3.71. The number of methoxy groups -OCH3 is 1. The summed E-state index contributed by atoms with van der Waals surface area (Å²) >= 11 is 0. The van der Waals surface area contributed by atoms with Crippen molar-refractivity contribution in [3.63, 3.8) is 0 Å². The van der Waals surface area contributed by atoms with Gasteiger partial charge < -0.3 is 15.0 Å². The van der Waals surface area contributed by atoms with E-state index in [9.17, 15) is 9.59 Å². The number of nitrogens with one attached hydrogen (secondary N) is 1. The van der Waals surface area contributed by atoms with Gasteiger partial charge in [0.05, 0.1) is 7.11 Å². The van der Waals surface area contributed by atoms with E-state index >= 15 is 0 Å². The van der Waals surface area contributed by atoms with Crippen molar-refractivity contribution in [3.8, 4) is 5.75 Å². The normalized spacial score (nSPS) is 10.2. The maximum absolute atomic E-state index is 12.2. The molecule has 0 aromatic heterocycles. The molecule has 0 heterocycles. The quantitative estimate of drug-likeness (QED) is 0.879. The van der Waals surface area contributed by atoms with Gasteiger partial charge in [-0.1, -0.05) is 6.07 Å². The monoisotopic (exact) mass is 340 g/mol. The second-order valence-electron chi connectivity index (χ2n) is 5.92. The predicted molar refractivity (Wildman–Crippen MR) is 99.3 cm³/mol. The summed E-state index contributed by atoms with van der Waals surface area (Å²) < 4.78 is 5.08. The van der Waals surface area contributed by atoms with E-state index < -0.39 is 0 Å². The van der Waals surface area contributed by atoms with Crippen molar-refractivity contribution in [3.05, 3.63) is 59.2 Å². The molecule has 2 rings (SSSR count). The molecule has 0 bridgehead atoms. The molecule has 2 amide bonds. The first-order valence-electron chi connectivity index (χ1n) is 8.20. The first-order chi connectivity index (χ1) is 11.9. The zero-order valence-corrected chi connectivity index (χ0v) is 15.1. The highest BCUT2D eigenvalue weighted by molar-refractivity contribution is 5.95. The van der Waals surface area contributed by atoms with Crippen LogP contribution in [-0.2, 0) is 4.79 Å². The molecule has 0 fully saturated rings. The average Bonchev–Trinajstić information content (AvgIpc) is 2.61. The van der Waals surface area contributed by atoms with Gasteiger partial charge in [0.2, 0.25) is 5.91 Å². The third kappa shape index (κ3) is 4.83. The van der Waals surface area contributed by atoms with Gasteiger partial charge in [-0.3, -0.25) is 9.59 Å². The van der Waals surface area contributed by atoms with E-state index in [-0.39, 0.29) is 11.8 Å². The van der Waals surface area contributed by atoms with Crippen LogP contribution in [-0.4, -0.2) is 32.0 Å². The molecule has 1 N–H and O–H groups in total. The van der Waals surface area contributed by atoms with Crippen LogP contribution < -0.4 is 15.0 Å². The van der Waals surface area contributed by atoms with Crippen molar-refractivity contribution in [2.45, 2.75) is 20.8 Å². The third-order valence-electron chi connectivity index (χ3n) is 4.16. The van der Waals surface area contributed by atoms with Crippen molar-refractivity contribution in [1.82, 2.24) is 5.32 Å². The zero-order chi connectivity index (χ0) is 18.4. The van der Waals surface area contributed by atoms with Crippen molar-refractivity contribution >= 4 is 17.5 Å². The van der Waals surface area contributed by atoms with Gasteiger partial charge in [0.25, 0.3) is 5.91 Å². The van der Waals surface area contributed by atoms with E-state index in [1.54, 1.807) is 36.3 Å². The Hall–Kier alpha value is -2.82. The number of aryl methyl sites for hydroxylation is 2. The highest BCUT2D eigenvalue weighted by Gasteiger charge is 2.13. The van der Waals surface area contributed by atoms with E-state index in [0.717, 1.165) is 11.3 Å². The Morgan fingerprint density at radius 3 is 2.28 bits per heavy atom. The van der Waals surface area contributed by atoms with Crippen LogP contribution >= 0.6 is 0 Å². The molecule has 0 aliphatic carbocycles. The molecule has 0 atom stereocenters. The molecule has 0 radical (unpaired) electrons. The first kappa shape index (κ1) is 18.5. The van der Waals surface area contributed by atoms with Crippen LogP contribution in [0.15, 0.2) is 42.5 Å². The van der Waals surface area contributed by atoms with Gasteiger partial charge in [0.1, 0.15) is 5.75 Å². The van der Waals surface area contributed by atoms with E-state index in [1.807, 2.05) is 32.0 Å². The Balaban J connectivity index is 1.97. The van der Waals surface area contributed by atoms with Crippen LogP contribution in [0.3, 0.4) is 0 Å². The largest absolute Gasteiger partial charge is 0.497 e. The van der Waals surface area contributed by atoms with Crippen LogP contribution in [0.5, 0.6) is 5.75 Å². The van der Waals surface area contributed by atoms with Crippen LogP contribution in [0.1, 0.15) is 28.4 Å². The number of hydrogen-bond donors (Lipinski definition) is 1. The summed E-state index contributed by atoms with van der Waals surface area (Å²) in [6.07, 6.45) is 0. The standard InChI is InChI=1S/C20H24N2O3/c1-14-5-8-18(13-15(14)2)22(16(3)23)12-11-21-20(24)17-6-9-19(25-4)10-7-17/h5-10,13H,11-12H2,1-4H3,(H,21,24). The van der Waals surface area contributed by atoms with Gasteiger partial charge in [0.15, 0.2) is 0 Å². The highest BCUT2D eigenvalue weighted by atomic mass is 16.5. The molecule has 25 heavy (non-hydrogen) atoms. The smallest absolute Gasteiger partial charge is 0.251 e. The van der Waals surface area contributed by atoms with Gasteiger partial charge in [0, 0.05) is 31.3 Å². The molecule has 5 nitrogen and oxygen atoms in total. The Bertz CT molecular complexity index is 754. The number of carbonyl (C=O) groups excluding carboxylic acids is 2. The van der Waals surface area contributed by atoms with Crippen molar-refractivity contribution in [2.75, 3.05) is 25.1 Å². The lowest BCUT2D eigenvalue weighted by Crippen LogP contribution is -2.37. The second kappa shape index (κ2) is 8.33. The number of amides is 2. The molecular formula is C20H24N2O3. The fraction of sp³-hybridized carbons (Fsp3) is 0.300. The van der Waals surface area contributed by atoms with Crippen LogP contribution in [0.2, 0.25) is 0 Å². The minimum Gasteiger partial charge on any atom is -0.497 e. The highest BCUT2D eigenvalue weighted by Crippen LogP contribution is 2.18. The number of hydrogen-bond acceptors (Lipinski definition) is 3. The lowest BCUT2D eigenvalue weighted by atomic mass is 10.1. The van der Waals surface area contributed by atoms with E-state index in [4.69, 9.17) is 4.74 Å². The summed E-state index contributed by atoms with van der Waals surface area (Å²) in [5, 5.41) is 2.84. The summed E-state index contributed by atoms with van der Waals surface area (Å²) in [7, 11) is 1.58. The third-order valence-corrected chi connectivity index (χ3v) is 4.16. The zero-order valence-electron chi connectivity index (χ0n) is 15.1. The summed E-state index contributed by atoms with van der Waals surface area (Å²) in [6, 6.07) is 12.8. The Labute approximate surface area is 148 Å². The number of rotatable bonds is 6. The number of carbonyl (C=O) groups is 2. The summed E-state index contributed by atoms with van der Waals surface area (Å²) in [4.78, 5) is 25.8. The van der Waals surface area contributed by atoms with E-state index in [1.165, 1.54) is 12.5 Å². The van der Waals surface area contributed by atoms with Gasteiger partial charge in [-0.15, -0.1) is 0 Å². The van der Waals surface area contributed by atoms with Crippen molar-refractivity contribution < 1.29 is 14.3 Å². The first-order valence-corrected chi connectivity index (χ1v) is 8.20. The van der Waals surface area contributed by atoms with Crippen LogP contribution in [0, 0.1) is 13.8 Å². The molecule has 0 aliphatic rings. The second-order valence-corrected chi connectivity index (χ2v) is 5.92. The van der Waals surface area contributed by atoms with Crippen LogP contribution in [0.25, 0.3) is 0 Å². The average molecular weight is 340 g/mol. The van der Waals surface area contributed by atoms with E-state index in [0.29, 0.717) is 24.4 Å². The van der Waals surface area contributed by atoms with Gasteiger partial charge in [-0.2, -0.15) is 0 Å². The number of benzene rings is 2. The maximum atomic E-state index is 12.2. The van der Waals surface area contributed by atoms with Gasteiger partial charge in [-0.05, 0) is 61.4 Å². The molecule has 2 aromatic carbocycles. The Morgan fingerprint density at radius 1 is 1.04 bits per heavy atom. The lowest BCUT2D eigenvalue weighted by Gasteiger charge is -2.22. The van der Waals surface area contributed by atoms with Crippen molar-refractivity contribution in [2.24, 2.45) is 0 Å². The van der Waals surface area contributed by atoms with E-state index in [2.05, 4.69) is 5.32 Å². The molecule has 0 unspecified atom stereocenters.